The Balaban J connectivity index is 1.28. The molecule has 0 N–H and O–H groups in total. The Morgan fingerprint density at radius 2 is 1.76 bits per heavy atom. The minimum atomic E-state index is -3.79. The van der Waals surface area contributed by atoms with Gasteiger partial charge in [0.05, 0.1) is 10.6 Å². The molecule has 1 aliphatic heterocycles. The number of hydrogen-bond acceptors (Lipinski definition) is 5. The van der Waals surface area contributed by atoms with Gasteiger partial charge in [0.25, 0.3) is 0 Å². The molecule has 0 unspecified atom stereocenters. The van der Waals surface area contributed by atoms with E-state index in [1.54, 1.807) is 17.2 Å². The molecular formula is C25H24FN3O4S. The van der Waals surface area contributed by atoms with Crippen LogP contribution in [0.1, 0.15) is 11.3 Å². The van der Waals surface area contributed by atoms with E-state index in [1.807, 2.05) is 42.5 Å². The molecule has 4 rings (SSSR count). The van der Waals surface area contributed by atoms with Gasteiger partial charge in [-0.1, -0.05) is 24.3 Å². The first kappa shape index (κ1) is 23.6. The van der Waals surface area contributed by atoms with Gasteiger partial charge >= 0.3 is 0 Å². The smallest absolute Gasteiger partial charge is 0.246 e. The first-order valence-electron chi connectivity index (χ1n) is 10.8. The Labute approximate surface area is 198 Å². The maximum Gasteiger partial charge on any atom is 0.246 e. The van der Waals surface area contributed by atoms with Gasteiger partial charge < -0.3 is 9.64 Å². The Morgan fingerprint density at radius 1 is 1.00 bits per heavy atom. The molecule has 0 bridgehead atoms. The van der Waals surface area contributed by atoms with Crippen LogP contribution < -0.4 is 4.74 Å². The summed E-state index contributed by atoms with van der Waals surface area (Å²) in [7, 11) is -3.79. The van der Waals surface area contributed by atoms with E-state index in [-0.39, 0.29) is 37.0 Å². The van der Waals surface area contributed by atoms with Gasteiger partial charge in [-0.3, -0.25) is 9.78 Å². The summed E-state index contributed by atoms with van der Waals surface area (Å²) in [6, 6.07) is 17.9. The minimum Gasteiger partial charge on any atom is -0.487 e. The summed E-state index contributed by atoms with van der Waals surface area (Å²) in [5, 5.41) is 0. The Kier molecular flexibility index (Phi) is 7.34. The van der Waals surface area contributed by atoms with E-state index in [1.165, 1.54) is 28.6 Å². The van der Waals surface area contributed by atoms with E-state index < -0.39 is 15.8 Å². The van der Waals surface area contributed by atoms with Crippen LogP contribution in [0.2, 0.25) is 0 Å². The molecule has 0 spiro atoms. The zero-order valence-electron chi connectivity index (χ0n) is 18.4. The zero-order chi connectivity index (χ0) is 24.0. The number of hydrogen-bond donors (Lipinski definition) is 0. The van der Waals surface area contributed by atoms with E-state index in [9.17, 15) is 17.6 Å². The predicted octanol–water partition coefficient (Wildman–Crippen LogP) is 3.35. The molecule has 1 fully saturated rings. The number of aromatic nitrogens is 1. The second-order valence-corrected chi connectivity index (χ2v) is 9.64. The molecule has 176 valence electrons. The van der Waals surface area contributed by atoms with Crippen LogP contribution >= 0.6 is 0 Å². The molecule has 1 aromatic heterocycles. The first-order valence-corrected chi connectivity index (χ1v) is 12.2. The molecule has 0 radical (unpaired) electrons. The van der Waals surface area contributed by atoms with Crippen molar-refractivity contribution in [2.45, 2.75) is 11.5 Å². The van der Waals surface area contributed by atoms with Crippen molar-refractivity contribution in [1.29, 1.82) is 0 Å². The summed E-state index contributed by atoms with van der Waals surface area (Å²) < 4.78 is 45.8. The molecule has 0 atom stereocenters. The number of pyridine rings is 1. The third-order valence-electron chi connectivity index (χ3n) is 5.40. The molecule has 7 nitrogen and oxygen atoms in total. The van der Waals surface area contributed by atoms with Crippen molar-refractivity contribution in [2.24, 2.45) is 0 Å². The van der Waals surface area contributed by atoms with E-state index >= 15 is 0 Å². The van der Waals surface area contributed by atoms with Crippen molar-refractivity contribution in [3.05, 3.63) is 96.1 Å². The number of ether oxygens (including phenoxy) is 1. The number of sulfonamides is 1. The quantitative estimate of drug-likeness (QED) is 0.484. The number of carbonyl (C=O) groups excluding carboxylic acids is 1. The number of amides is 1. The van der Waals surface area contributed by atoms with E-state index in [0.717, 1.165) is 17.3 Å². The van der Waals surface area contributed by atoms with Crippen molar-refractivity contribution in [3.8, 4) is 5.75 Å². The lowest BCUT2D eigenvalue weighted by atomic mass is 10.2. The molecule has 3 aromatic rings. The van der Waals surface area contributed by atoms with Crippen molar-refractivity contribution in [2.75, 3.05) is 26.2 Å². The largest absolute Gasteiger partial charge is 0.487 e. The lowest BCUT2D eigenvalue weighted by molar-refractivity contribution is -0.127. The second kappa shape index (κ2) is 10.6. The highest BCUT2D eigenvalue weighted by Gasteiger charge is 2.29. The molecule has 0 saturated carbocycles. The molecule has 1 amide bonds. The third-order valence-corrected chi connectivity index (χ3v) is 7.29. The standard InChI is InChI=1S/C25H24FN3O4S/c26-21-4-3-6-24(18-21)34(31,32)29-16-14-28(15-17-29)25(30)12-9-20-7-10-23(11-8-20)33-19-22-5-1-2-13-27-22/h1-13,18H,14-17,19H2/b12-9+. The molecular weight excluding hydrogens is 457 g/mol. The van der Waals surface area contributed by atoms with Gasteiger partial charge in [0, 0.05) is 38.5 Å². The predicted molar refractivity (Wildman–Crippen MR) is 126 cm³/mol. The highest BCUT2D eigenvalue weighted by atomic mass is 32.2. The Morgan fingerprint density at radius 3 is 2.44 bits per heavy atom. The zero-order valence-corrected chi connectivity index (χ0v) is 19.2. The van der Waals surface area contributed by atoms with E-state index in [0.29, 0.717) is 12.4 Å². The monoisotopic (exact) mass is 481 g/mol. The summed E-state index contributed by atoms with van der Waals surface area (Å²) in [4.78, 5) is 18.3. The van der Waals surface area contributed by atoms with Crippen LogP contribution in [0, 0.1) is 5.82 Å². The van der Waals surface area contributed by atoms with Gasteiger partial charge in [0.2, 0.25) is 15.9 Å². The minimum absolute atomic E-state index is 0.0837. The van der Waals surface area contributed by atoms with Crippen LogP contribution in [0.15, 0.2) is 83.9 Å². The number of piperazine rings is 1. The maximum absolute atomic E-state index is 13.4. The second-order valence-electron chi connectivity index (χ2n) is 7.70. The van der Waals surface area contributed by atoms with Crippen molar-refractivity contribution < 1.29 is 22.3 Å². The average Bonchev–Trinajstić information content (AvgIpc) is 2.87. The fourth-order valence-electron chi connectivity index (χ4n) is 3.51. The van der Waals surface area contributed by atoms with E-state index in [4.69, 9.17) is 4.74 Å². The highest BCUT2D eigenvalue weighted by Crippen LogP contribution is 2.19. The summed E-state index contributed by atoms with van der Waals surface area (Å²) in [5.41, 5.74) is 1.67. The van der Waals surface area contributed by atoms with Crippen LogP contribution in [0.25, 0.3) is 6.08 Å². The number of nitrogens with zero attached hydrogens (tertiary/aromatic N) is 3. The van der Waals surface area contributed by atoms with Gasteiger partial charge in [0.1, 0.15) is 18.2 Å². The number of benzene rings is 2. The molecule has 1 aliphatic rings. The van der Waals surface area contributed by atoms with Crippen LogP contribution in [0.5, 0.6) is 5.75 Å². The number of rotatable bonds is 7. The fourth-order valence-corrected chi connectivity index (χ4v) is 4.97. The van der Waals surface area contributed by atoms with Crippen LogP contribution in [0.3, 0.4) is 0 Å². The van der Waals surface area contributed by atoms with Gasteiger partial charge in [-0.25, -0.2) is 12.8 Å². The number of carbonyl (C=O) groups is 1. The number of halogens is 1. The van der Waals surface area contributed by atoms with Crippen molar-refractivity contribution in [3.63, 3.8) is 0 Å². The molecule has 0 aliphatic carbocycles. The lowest BCUT2D eigenvalue weighted by Gasteiger charge is -2.33. The Hall–Kier alpha value is -3.56. The SMILES string of the molecule is O=C(/C=C/c1ccc(OCc2ccccn2)cc1)N1CCN(S(=O)(=O)c2cccc(F)c2)CC1. The molecule has 34 heavy (non-hydrogen) atoms. The molecule has 2 heterocycles. The molecule has 2 aromatic carbocycles. The summed E-state index contributed by atoms with van der Waals surface area (Å²) in [6.07, 6.45) is 4.90. The summed E-state index contributed by atoms with van der Waals surface area (Å²) >= 11 is 0. The van der Waals surface area contributed by atoms with Crippen molar-refractivity contribution in [1.82, 2.24) is 14.2 Å². The van der Waals surface area contributed by atoms with Gasteiger partial charge in [0.15, 0.2) is 0 Å². The third kappa shape index (κ3) is 5.86. The molecule has 9 heteroatoms. The van der Waals surface area contributed by atoms with E-state index in [2.05, 4.69) is 4.98 Å². The van der Waals surface area contributed by atoms with Gasteiger partial charge in [-0.2, -0.15) is 4.31 Å². The highest BCUT2D eigenvalue weighted by molar-refractivity contribution is 7.89. The summed E-state index contributed by atoms with van der Waals surface area (Å²) in [5.74, 6) is -0.101. The van der Waals surface area contributed by atoms with Gasteiger partial charge in [-0.05, 0) is 54.1 Å². The van der Waals surface area contributed by atoms with Crippen LogP contribution in [-0.4, -0.2) is 54.7 Å². The Bertz CT molecular complexity index is 1260. The lowest BCUT2D eigenvalue weighted by Crippen LogP contribution is -2.50. The van der Waals surface area contributed by atoms with Crippen molar-refractivity contribution >= 4 is 22.0 Å². The van der Waals surface area contributed by atoms with Crippen LogP contribution in [0.4, 0.5) is 4.39 Å². The van der Waals surface area contributed by atoms with Gasteiger partial charge in [-0.15, -0.1) is 0 Å². The first-order chi connectivity index (χ1) is 16.4. The maximum atomic E-state index is 13.4. The topological polar surface area (TPSA) is 79.8 Å². The molecule has 1 saturated heterocycles. The summed E-state index contributed by atoms with van der Waals surface area (Å²) in [6.45, 7) is 1.20. The average molecular weight is 482 g/mol. The normalized spacial score (nSPS) is 14.9. The fraction of sp³-hybridized carbons (Fsp3) is 0.200. The van der Waals surface area contributed by atoms with Crippen LogP contribution in [-0.2, 0) is 21.4 Å².